The molecular formula is C15H17BrN2. The van der Waals surface area contributed by atoms with Crippen LogP contribution >= 0.6 is 15.9 Å². The molecule has 0 bridgehead atoms. The molecule has 94 valence electrons. The summed E-state index contributed by atoms with van der Waals surface area (Å²) in [6, 6.07) is 8.73. The summed E-state index contributed by atoms with van der Waals surface area (Å²) in [5.74, 6) is 0.741. The van der Waals surface area contributed by atoms with Crippen molar-refractivity contribution in [2.75, 3.05) is 0 Å². The third-order valence-corrected chi connectivity index (χ3v) is 4.13. The van der Waals surface area contributed by atoms with E-state index in [2.05, 4.69) is 56.9 Å². The first-order valence-electron chi connectivity index (χ1n) is 6.44. The highest BCUT2D eigenvalue weighted by atomic mass is 79.9. The lowest BCUT2D eigenvalue weighted by Crippen LogP contribution is -2.06. The number of hydrogen-bond acceptors (Lipinski definition) is 1. The van der Waals surface area contributed by atoms with Crippen LogP contribution in [0.5, 0.6) is 0 Å². The van der Waals surface area contributed by atoms with E-state index in [9.17, 15) is 0 Å². The fourth-order valence-corrected chi connectivity index (χ4v) is 2.79. The van der Waals surface area contributed by atoms with Crippen LogP contribution in [0.3, 0.4) is 0 Å². The summed E-state index contributed by atoms with van der Waals surface area (Å²) >= 11 is 3.56. The summed E-state index contributed by atoms with van der Waals surface area (Å²) < 4.78 is 2.18. The summed E-state index contributed by atoms with van der Waals surface area (Å²) in [5.41, 5.74) is 5.42. The highest BCUT2D eigenvalue weighted by Gasteiger charge is 2.29. The fourth-order valence-electron chi connectivity index (χ4n) is 2.36. The van der Waals surface area contributed by atoms with Crippen molar-refractivity contribution in [1.29, 1.82) is 0 Å². The highest BCUT2D eigenvalue weighted by molar-refractivity contribution is 9.08. The van der Waals surface area contributed by atoms with Crippen LogP contribution in [-0.2, 0) is 11.9 Å². The molecule has 1 aliphatic carbocycles. The zero-order chi connectivity index (χ0) is 12.5. The Balaban J connectivity index is 1.88. The van der Waals surface area contributed by atoms with Crippen LogP contribution in [0.2, 0.25) is 0 Å². The molecule has 1 aromatic heterocycles. The van der Waals surface area contributed by atoms with Gasteiger partial charge in [-0.1, -0.05) is 45.8 Å². The predicted octanol–water partition coefficient (Wildman–Crippen LogP) is 4.01. The molecule has 0 N–H and O–H groups in total. The summed E-state index contributed by atoms with van der Waals surface area (Å²) in [7, 11) is 0. The number of nitrogens with zero attached hydrogens (tertiary/aromatic N) is 2. The SMILES string of the molecule is Cc1ccc(Cn2ncc(CBr)c2C2CC2)cc1. The second-order valence-corrected chi connectivity index (χ2v) is 5.67. The van der Waals surface area contributed by atoms with Crippen molar-refractivity contribution in [2.45, 2.75) is 37.6 Å². The van der Waals surface area contributed by atoms with Crippen molar-refractivity contribution >= 4 is 15.9 Å². The first-order chi connectivity index (χ1) is 8.78. The minimum Gasteiger partial charge on any atom is -0.265 e. The summed E-state index contributed by atoms with van der Waals surface area (Å²) in [5, 5.41) is 5.46. The molecule has 18 heavy (non-hydrogen) atoms. The summed E-state index contributed by atoms with van der Waals surface area (Å²) in [6.45, 7) is 3.01. The van der Waals surface area contributed by atoms with E-state index < -0.39 is 0 Å². The maximum absolute atomic E-state index is 4.55. The Labute approximate surface area is 116 Å². The summed E-state index contributed by atoms with van der Waals surface area (Å²) in [4.78, 5) is 0. The van der Waals surface area contributed by atoms with Crippen molar-refractivity contribution in [3.8, 4) is 0 Å². The molecule has 0 amide bonds. The largest absolute Gasteiger partial charge is 0.265 e. The Morgan fingerprint density at radius 2 is 2.00 bits per heavy atom. The van der Waals surface area contributed by atoms with Gasteiger partial charge in [-0.15, -0.1) is 0 Å². The molecule has 0 spiro atoms. The van der Waals surface area contributed by atoms with Gasteiger partial charge in [-0.25, -0.2) is 0 Å². The molecule has 3 rings (SSSR count). The van der Waals surface area contributed by atoms with E-state index in [1.54, 1.807) is 0 Å². The van der Waals surface area contributed by atoms with Crippen molar-refractivity contribution in [3.05, 3.63) is 52.8 Å². The lowest BCUT2D eigenvalue weighted by molar-refractivity contribution is 0.645. The van der Waals surface area contributed by atoms with Crippen molar-refractivity contribution < 1.29 is 0 Å². The molecule has 3 heteroatoms. The second kappa shape index (κ2) is 4.88. The minimum absolute atomic E-state index is 0.741. The van der Waals surface area contributed by atoms with Crippen LogP contribution in [0.15, 0.2) is 30.5 Å². The van der Waals surface area contributed by atoms with Gasteiger partial charge in [0.2, 0.25) is 0 Å². The topological polar surface area (TPSA) is 17.8 Å². The second-order valence-electron chi connectivity index (χ2n) is 5.11. The molecule has 0 saturated heterocycles. The van der Waals surface area contributed by atoms with Gasteiger partial charge in [-0.3, -0.25) is 4.68 Å². The number of aromatic nitrogens is 2. The number of halogens is 1. The molecule has 0 atom stereocenters. The third-order valence-electron chi connectivity index (χ3n) is 3.52. The van der Waals surface area contributed by atoms with Crippen LogP contribution in [0.1, 0.15) is 41.1 Å². The number of rotatable bonds is 4. The van der Waals surface area contributed by atoms with Crippen LogP contribution in [-0.4, -0.2) is 9.78 Å². The van der Waals surface area contributed by atoms with E-state index in [1.165, 1.54) is 35.2 Å². The van der Waals surface area contributed by atoms with Crippen molar-refractivity contribution in [2.24, 2.45) is 0 Å². The maximum Gasteiger partial charge on any atom is 0.0662 e. The van der Waals surface area contributed by atoms with E-state index in [1.807, 2.05) is 6.20 Å². The van der Waals surface area contributed by atoms with Gasteiger partial charge in [-0.2, -0.15) is 5.10 Å². The molecular weight excluding hydrogens is 288 g/mol. The quantitative estimate of drug-likeness (QED) is 0.780. The maximum atomic E-state index is 4.55. The molecule has 2 aromatic rings. The van der Waals surface area contributed by atoms with Crippen LogP contribution < -0.4 is 0 Å². The van der Waals surface area contributed by atoms with E-state index in [0.29, 0.717) is 0 Å². The van der Waals surface area contributed by atoms with E-state index >= 15 is 0 Å². The Morgan fingerprint density at radius 1 is 1.28 bits per heavy atom. The van der Waals surface area contributed by atoms with Gasteiger partial charge in [0.05, 0.1) is 12.7 Å². The normalized spacial score (nSPS) is 15.0. The van der Waals surface area contributed by atoms with Gasteiger partial charge in [0, 0.05) is 22.5 Å². The van der Waals surface area contributed by atoms with Gasteiger partial charge in [0.1, 0.15) is 0 Å². The molecule has 1 aromatic carbocycles. The third kappa shape index (κ3) is 2.37. The van der Waals surface area contributed by atoms with E-state index in [4.69, 9.17) is 0 Å². The van der Waals surface area contributed by atoms with Gasteiger partial charge in [0.15, 0.2) is 0 Å². The first kappa shape index (κ1) is 12.0. The standard InChI is InChI=1S/C15H17BrN2/c1-11-2-4-12(5-3-11)10-18-15(13-6-7-13)14(8-16)9-17-18/h2-5,9,13H,6-8,10H2,1H3. The molecule has 1 fully saturated rings. The summed E-state index contributed by atoms with van der Waals surface area (Å²) in [6.07, 6.45) is 4.65. The zero-order valence-corrected chi connectivity index (χ0v) is 12.2. The van der Waals surface area contributed by atoms with Crippen LogP contribution in [0.25, 0.3) is 0 Å². The first-order valence-corrected chi connectivity index (χ1v) is 7.56. The highest BCUT2D eigenvalue weighted by Crippen LogP contribution is 2.42. The predicted molar refractivity (Wildman–Crippen MR) is 77.1 cm³/mol. The number of benzene rings is 1. The molecule has 1 saturated carbocycles. The molecule has 0 unspecified atom stereocenters. The van der Waals surface area contributed by atoms with Crippen molar-refractivity contribution in [3.63, 3.8) is 0 Å². The Bertz CT molecular complexity index is 538. The Kier molecular flexibility index (Phi) is 3.25. The fraction of sp³-hybridized carbons (Fsp3) is 0.400. The molecule has 1 aliphatic rings. The van der Waals surface area contributed by atoms with E-state index in [-0.39, 0.29) is 0 Å². The smallest absolute Gasteiger partial charge is 0.0662 e. The number of hydrogen-bond donors (Lipinski definition) is 0. The average molecular weight is 305 g/mol. The average Bonchev–Trinajstić information content (AvgIpc) is 3.14. The minimum atomic E-state index is 0.741. The van der Waals surface area contributed by atoms with Gasteiger partial charge in [-0.05, 0) is 25.3 Å². The monoisotopic (exact) mass is 304 g/mol. The van der Waals surface area contributed by atoms with E-state index in [0.717, 1.165) is 17.8 Å². The van der Waals surface area contributed by atoms with Crippen molar-refractivity contribution in [1.82, 2.24) is 9.78 Å². The zero-order valence-electron chi connectivity index (χ0n) is 10.6. The number of alkyl halides is 1. The molecule has 0 aliphatic heterocycles. The van der Waals surface area contributed by atoms with Crippen LogP contribution in [0.4, 0.5) is 0 Å². The lowest BCUT2D eigenvalue weighted by Gasteiger charge is -2.08. The molecule has 2 nitrogen and oxygen atoms in total. The number of aryl methyl sites for hydroxylation is 1. The van der Waals surface area contributed by atoms with Gasteiger partial charge < -0.3 is 0 Å². The molecule has 1 heterocycles. The Morgan fingerprint density at radius 3 is 2.61 bits per heavy atom. The molecule has 0 radical (unpaired) electrons. The Hall–Kier alpha value is -1.09. The lowest BCUT2D eigenvalue weighted by atomic mass is 10.1. The van der Waals surface area contributed by atoms with Crippen LogP contribution in [0, 0.1) is 6.92 Å². The van der Waals surface area contributed by atoms with Gasteiger partial charge in [0.25, 0.3) is 0 Å². The van der Waals surface area contributed by atoms with Gasteiger partial charge >= 0.3 is 0 Å².